The summed E-state index contributed by atoms with van der Waals surface area (Å²) in [5, 5.41) is 9.54. The fraction of sp³-hybridized carbons (Fsp3) is 0.278. The summed E-state index contributed by atoms with van der Waals surface area (Å²) < 4.78 is 3.64. The number of aryl methyl sites for hydroxylation is 2. The van der Waals surface area contributed by atoms with Gasteiger partial charge in [-0.1, -0.05) is 18.2 Å². The van der Waals surface area contributed by atoms with Gasteiger partial charge in [-0.15, -0.1) is 0 Å². The summed E-state index contributed by atoms with van der Waals surface area (Å²) in [5.74, 6) is 0.605. The summed E-state index contributed by atoms with van der Waals surface area (Å²) in [6.07, 6.45) is 2.92. The topological polar surface area (TPSA) is 63.6 Å². The number of aromatic nitrogens is 3. The van der Waals surface area contributed by atoms with Gasteiger partial charge in [-0.2, -0.15) is 5.26 Å². The highest BCUT2D eigenvalue weighted by Gasteiger charge is 2.24. The van der Waals surface area contributed by atoms with Crippen LogP contribution in [0.5, 0.6) is 0 Å². The summed E-state index contributed by atoms with van der Waals surface area (Å²) in [6, 6.07) is 11.8. The van der Waals surface area contributed by atoms with Gasteiger partial charge < -0.3 is 4.57 Å². The predicted molar refractivity (Wildman–Crippen MR) is 87.7 cm³/mol. The van der Waals surface area contributed by atoms with Crippen molar-refractivity contribution in [3.63, 3.8) is 0 Å². The molecule has 0 N–H and O–H groups in total. The minimum absolute atomic E-state index is 0.0941. The Morgan fingerprint density at radius 1 is 1.22 bits per heavy atom. The van der Waals surface area contributed by atoms with E-state index in [4.69, 9.17) is 0 Å². The monoisotopic (exact) mass is 304 g/mol. The fourth-order valence-electron chi connectivity index (χ4n) is 3.51. The van der Waals surface area contributed by atoms with Crippen molar-refractivity contribution >= 4 is 11.0 Å². The zero-order chi connectivity index (χ0) is 16.0. The minimum Gasteiger partial charge on any atom is -0.337 e. The Morgan fingerprint density at radius 3 is 2.74 bits per heavy atom. The van der Waals surface area contributed by atoms with Crippen LogP contribution in [-0.2, 0) is 13.0 Å². The van der Waals surface area contributed by atoms with Crippen molar-refractivity contribution in [1.82, 2.24) is 14.1 Å². The summed E-state index contributed by atoms with van der Waals surface area (Å²) in [4.78, 5) is 17.8. The van der Waals surface area contributed by atoms with Gasteiger partial charge in [0.05, 0.1) is 11.3 Å². The molecule has 0 radical (unpaired) electrons. The Labute approximate surface area is 133 Å². The Bertz CT molecular complexity index is 1010. The smallest absolute Gasteiger partial charge is 0.282 e. The second-order valence-corrected chi connectivity index (χ2v) is 5.87. The van der Waals surface area contributed by atoms with E-state index in [-0.39, 0.29) is 5.56 Å². The first kappa shape index (κ1) is 13.8. The zero-order valence-electron chi connectivity index (χ0n) is 12.9. The third-order valence-corrected chi connectivity index (χ3v) is 4.52. The van der Waals surface area contributed by atoms with Crippen LogP contribution in [0, 0.1) is 18.3 Å². The van der Waals surface area contributed by atoms with Gasteiger partial charge in [0, 0.05) is 12.2 Å². The number of hydrogen-bond acceptors (Lipinski definition) is 3. The van der Waals surface area contributed by atoms with Crippen LogP contribution in [-0.4, -0.2) is 14.1 Å². The fourth-order valence-corrected chi connectivity index (χ4v) is 3.51. The van der Waals surface area contributed by atoms with Crippen LogP contribution in [0.1, 0.15) is 29.9 Å². The maximum absolute atomic E-state index is 13.1. The molecule has 23 heavy (non-hydrogen) atoms. The molecule has 0 atom stereocenters. The maximum Gasteiger partial charge on any atom is 0.282 e. The highest BCUT2D eigenvalue weighted by Crippen LogP contribution is 2.27. The van der Waals surface area contributed by atoms with Crippen molar-refractivity contribution in [2.45, 2.75) is 32.7 Å². The molecule has 3 heterocycles. The molecule has 0 aliphatic carbocycles. The lowest BCUT2D eigenvalue weighted by molar-refractivity contribution is 0.542. The van der Waals surface area contributed by atoms with Crippen LogP contribution >= 0.6 is 0 Å². The molecule has 114 valence electrons. The molecule has 0 bridgehead atoms. The molecular formula is C18H16N4O. The lowest BCUT2D eigenvalue weighted by atomic mass is 10.1. The third-order valence-electron chi connectivity index (χ3n) is 4.52. The van der Waals surface area contributed by atoms with E-state index in [9.17, 15) is 10.1 Å². The number of hydrogen-bond donors (Lipinski definition) is 0. The molecule has 5 nitrogen and oxygen atoms in total. The molecule has 1 aliphatic heterocycles. The average Bonchev–Trinajstić information content (AvgIpc) is 2.89. The van der Waals surface area contributed by atoms with Gasteiger partial charge >= 0.3 is 0 Å². The van der Waals surface area contributed by atoms with Gasteiger partial charge in [-0.05, 0) is 38.3 Å². The van der Waals surface area contributed by atoms with E-state index in [2.05, 4.69) is 11.1 Å². The van der Waals surface area contributed by atoms with E-state index < -0.39 is 0 Å². The normalized spacial score (nSPS) is 13.7. The second kappa shape index (κ2) is 5.10. The van der Waals surface area contributed by atoms with Crippen molar-refractivity contribution in [1.29, 1.82) is 5.26 Å². The molecule has 0 unspecified atom stereocenters. The number of benzene rings is 1. The molecule has 0 amide bonds. The number of nitrogens with zero attached hydrogens (tertiary/aromatic N) is 4. The summed E-state index contributed by atoms with van der Waals surface area (Å²) >= 11 is 0. The highest BCUT2D eigenvalue weighted by molar-refractivity contribution is 5.84. The second-order valence-electron chi connectivity index (χ2n) is 5.87. The molecule has 5 heteroatoms. The van der Waals surface area contributed by atoms with Crippen LogP contribution in [0.25, 0.3) is 16.7 Å². The first-order valence-corrected chi connectivity index (χ1v) is 7.82. The number of nitriles is 1. The lowest BCUT2D eigenvalue weighted by Gasteiger charge is -2.16. The quantitative estimate of drug-likeness (QED) is 0.694. The highest BCUT2D eigenvalue weighted by atomic mass is 16.1. The van der Waals surface area contributed by atoms with Crippen LogP contribution in [0.2, 0.25) is 0 Å². The molecule has 0 saturated carbocycles. The zero-order valence-corrected chi connectivity index (χ0v) is 12.9. The van der Waals surface area contributed by atoms with Gasteiger partial charge in [0.1, 0.15) is 22.9 Å². The maximum atomic E-state index is 13.1. The summed E-state index contributed by atoms with van der Waals surface area (Å²) in [5.41, 5.74) is 3.35. The Morgan fingerprint density at radius 2 is 2.00 bits per heavy atom. The van der Waals surface area contributed by atoms with Crippen LogP contribution in [0.3, 0.4) is 0 Å². The van der Waals surface area contributed by atoms with Crippen molar-refractivity contribution in [2.24, 2.45) is 0 Å². The van der Waals surface area contributed by atoms with Crippen LogP contribution in [0.4, 0.5) is 0 Å². The van der Waals surface area contributed by atoms with Crippen molar-refractivity contribution < 1.29 is 0 Å². The first-order valence-electron chi connectivity index (χ1n) is 7.82. The van der Waals surface area contributed by atoms with Gasteiger partial charge in [0.25, 0.3) is 5.56 Å². The Hall–Kier alpha value is -2.87. The van der Waals surface area contributed by atoms with E-state index in [0.29, 0.717) is 22.4 Å². The predicted octanol–water partition coefficient (Wildman–Crippen LogP) is 2.70. The van der Waals surface area contributed by atoms with Crippen molar-refractivity contribution in [3.8, 4) is 11.8 Å². The molecule has 4 rings (SSSR count). The van der Waals surface area contributed by atoms with E-state index in [1.54, 1.807) is 4.57 Å². The lowest BCUT2D eigenvalue weighted by Crippen LogP contribution is -2.24. The minimum atomic E-state index is -0.0941. The number of para-hydroxylation sites is 1. The molecule has 0 fully saturated rings. The average molecular weight is 304 g/mol. The van der Waals surface area contributed by atoms with Gasteiger partial charge in [-0.3, -0.25) is 9.36 Å². The molecule has 0 saturated heterocycles. The van der Waals surface area contributed by atoms with Crippen molar-refractivity contribution in [2.75, 3.05) is 0 Å². The number of rotatable bonds is 1. The van der Waals surface area contributed by atoms with E-state index in [0.717, 1.165) is 37.2 Å². The third kappa shape index (κ3) is 1.92. The van der Waals surface area contributed by atoms with E-state index >= 15 is 0 Å². The van der Waals surface area contributed by atoms with E-state index in [1.807, 2.05) is 41.8 Å². The number of fused-ring (bicyclic) bond motifs is 3. The van der Waals surface area contributed by atoms with Crippen LogP contribution < -0.4 is 5.56 Å². The molecule has 3 aromatic rings. The summed E-state index contributed by atoms with van der Waals surface area (Å²) in [6.45, 7) is 2.59. The standard InChI is InChI=1S/C18H16N4O/c1-12-20-16-14(11-19)15-9-5-6-10-21(15)17(16)18(23)22(12)13-7-3-2-4-8-13/h2-4,7-8H,5-6,9-10H2,1H3. The molecule has 1 aromatic carbocycles. The first-order chi connectivity index (χ1) is 11.2. The largest absolute Gasteiger partial charge is 0.337 e. The molecule has 0 spiro atoms. The molecule has 2 aromatic heterocycles. The Kier molecular flexibility index (Phi) is 3.05. The Balaban J connectivity index is 2.14. The van der Waals surface area contributed by atoms with Gasteiger partial charge in [0.2, 0.25) is 0 Å². The van der Waals surface area contributed by atoms with Gasteiger partial charge in [-0.25, -0.2) is 4.98 Å². The SMILES string of the molecule is Cc1nc2c(C#N)c3n(c2c(=O)n1-c1ccccc1)CCCC3. The molecular weight excluding hydrogens is 288 g/mol. The van der Waals surface area contributed by atoms with E-state index in [1.165, 1.54) is 0 Å². The van der Waals surface area contributed by atoms with Crippen LogP contribution in [0.15, 0.2) is 35.1 Å². The summed E-state index contributed by atoms with van der Waals surface area (Å²) in [7, 11) is 0. The van der Waals surface area contributed by atoms with Gasteiger partial charge in [0.15, 0.2) is 0 Å². The van der Waals surface area contributed by atoms with Crippen molar-refractivity contribution in [3.05, 3.63) is 57.8 Å². The molecule has 1 aliphatic rings.